The van der Waals surface area contributed by atoms with Crippen LogP contribution in [0.5, 0.6) is 0 Å². The van der Waals surface area contributed by atoms with Crippen LogP contribution in [-0.4, -0.2) is 33.7 Å². The highest BCUT2D eigenvalue weighted by Gasteiger charge is 2.17. The van der Waals surface area contributed by atoms with Crippen LogP contribution < -0.4 is 10.6 Å². The summed E-state index contributed by atoms with van der Waals surface area (Å²) in [5.74, 6) is 1.31. The molecule has 110 valence electrons. The second-order valence-corrected chi connectivity index (χ2v) is 4.63. The van der Waals surface area contributed by atoms with Crippen LogP contribution in [0.15, 0.2) is 36.4 Å². The molecule has 0 radical (unpaired) electrons. The van der Waals surface area contributed by atoms with Gasteiger partial charge in [0.2, 0.25) is 5.91 Å². The van der Waals surface area contributed by atoms with Crippen molar-refractivity contribution in [2.24, 2.45) is 0 Å². The van der Waals surface area contributed by atoms with Crippen LogP contribution in [0.1, 0.15) is 5.82 Å². The molecule has 1 aliphatic rings. The summed E-state index contributed by atoms with van der Waals surface area (Å²) in [7, 11) is 0. The van der Waals surface area contributed by atoms with E-state index in [-0.39, 0.29) is 24.4 Å². The summed E-state index contributed by atoms with van der Waals surface area (Å²) >= 11 is 0. The molecule has 1 unspecified atom stereocenters. The predicted octanol–water partition coefficient (Wildman–Crippen LogP) is 1.67. The molecular formula is C14H16ClN5O. The molecule has 0 spiro atoms. The minimum absolute atomic E-state index is 0. The Bertz CT molecular complexity index is 667. The Labute approximate surface area is 128 Å². The van der Waals surface area contributed by atoms with E-state index in [2.05, 4.69) is 25.8 Å². The molecule has 0 saturated heterocycles. The fourth-order valence-electron chi connectivity index (χ4n) is 2.08. The van der Waals surface area contributed by atoms with Crippen molar-refractivity contribution in [3.63, 3.8) is 0 Å². The third-order valence-electron chi connectivity index (χ3n) is 3.05. The normalized spacial score (nSPS) is 16.5. The van der Waals surface area contributed by atoms with Crippen LogP contribution in [0.4, 0.5) is 5.69 Å². The Morgan fingerprint density at radius 2 is 2.29 bits per heavy atom. The molecule has 2 heterocycles. The topological polar surface area (TPSA) is 82.7 Å². The van der Waals surface area contributed by atoms with Crippen LogP contribution >= 0.6 is 12.4 Å². The lowest BCUT2D eigenvalue weighted by molar-refractivity contribution is -0.116. The number of H-pyrrole nitrogens is 1. The monoisotopic (exact) mass is 305 g/mol. The molecule has 6 nitrogen and oxygen atoms in total. The SMILES string of the molecule is Cc1nc(-c2cccc(NC(=O)C3C=CCN3)c2)n[nH]1.Cl. The van der Waals surface area contributed by atoms with E-state index < -0.39 is 0 Å². The minimum Gasteiger partial charge on any atom is -0.324 e. The first-order chi connectivity index (χ1) is 9.72. The van der Waals surface area contributed by atoms with E-state index in [1.807, 2.05) is 43.3 Å². The molecule has 21 heavy (non-hydrogen) atoms. The Kier molecular flexibility index (Phi) is 4.72. The summed E-state index contributed by atoms with van der Waals surface area (Å²) in [4.78, 5) is 16.3. The van der Waals surface area contributed by atoms with Gasteiger partial charge in [0, 0.05) is 17.8 Å². The number of nitrogens with one attached hydrogen (secondary N) is 3. The molecule has 3 rings (SSSR count). The first-order valence-corrected chi connectivity index (χ1v) is 6.43. The van der Waals surface area contributed by atoms with E-state index in [9.17, 15) is 4.79 Å². The van der Waals surface area contributed by atoms with E-state index >= 15 is 0 Å². The maximum Gasteiger partial charge on any atom is 0.245 e. The molecule has 0 aliphatic carbocycles. The molecule has 1 aliphatic heterocycles. The van der Waals surface area contributed by atoms with Crippen LogP contribution in [0, 0.1) is 6.92 Å². The predicted molar refractivity (Wildman–Crippen MR) is 83.4 cm³/mol. The number of hydrogen-bond acceptors (Lipinski definition) is 4. The van der Waals surface area contributed by atoms with Gasteiger partial charge in [0.15, 0.2) is 5.82 Å². The van der Waals surface area contributed by atoms with Crippen molar-refractivity contribution in [3.8, 4) is 11.4 Å². The Balaban J connectivity index is 0.00000161. The zero-order valence-corrected chi connectivity index (χ0v) is 12.3. The van der Waals surface area contributed by atoms with Gasteiger partial charge in [0.25, 0.3) is 0 Å². The van der Waals surface area contributed by atoms with Crippen molar-refractivity contribution < 1.29 is 4.79 Å². The van der Waals surface area contributed by atoms with Crippen molar-refractivity contribution in [2.45, 2.75) is 13.0 Å². The molecule has 7 heteroatoms. The largest absolute Gasteiger partial charge is 0.324 e. The summed E-state index contributed by atoms with van der Waals surface area (Å²) in [6.07, 6.45) is 3.80. The number of aromatic nitrogens is 3. The quantitative estimate of drug-likeness (QED) is 0.753. The second kappa shape index (κ2) is 6.51. The van der Waals surface area contributed by atoms with Crippen LogP contribution in [0.25, 0.3) is 11.4 Å². The molecule has 2 aromatic rings. The second-order valence-electron chi connectivity index (χ2n) is 4.63. The Morgan fingerprint density at radius 3 is 2.95 bits per heavy atom. The van der Waals surface area contributed by atoms with Crippen molar-refractivity contribution in [2.75, 3.05) is 11.9 Å². The van der Waals surface area contributed by atoms with E-state index in [0.29, 0.717) is 5.82 Å². The first kappa shape index (κ1) is 15.2. The number of benzene rings is 1. The average Bonchev–Trinajstić information content (AvgIpc) is 3.10. The Hall–Kier alpha value is -2.18. The van der Waals surface area contributed by atoms with Gasteiger partial charge in [-0.2, -0.15) is 5.10 Å². The van der Waals surface area contributed by atoms with Crippen LogP contribution in [0.2, 0.25) is 0 Å². The number of amides is 1. The highest BCUT2D eigenvalue weighted by Crippen LogP contribution is 2.19. The summed E-state index contributed by atoms with van der Waals surface area (Å²) in [5, 5.41) is 12.9. The lowest BCUT2D eigenvalue weighted by atomic mass is 10.2. The zero-order valence-electron chi connectivity index (χ0n) is 11.5. The van der Waals surface area contributed by atoms with Gasteiger partial charge in [-0.15, -0.1) is 12.4 Å². The zero-order chi connectivity index (χ0) is 13.9. The van der Waals surface area contributed by atoms with Crippen molar-refractivity contribution in [1.82, 2.24) is 20.5 Å². The van der Waals surface area contributed by atoms with E-state index in [4.69, 9.17) is 0 Å². The molecule has 1 aromatic carbocycles. The van der Waals surface area contributed by atoms with Gasteiger partial charge in [-0.1, -0.05) is 24.3 Å². The molecule has 0 fully saturated rings. The maximum absolute atomic E-state index is 12.0. The molecule has 1 atom stereocenters. The van der Waals surface area contributed by atoms with Gasteiger partial charge in [0.1, 0.15) is 11.9 Å². The highest BCUT2D eigenvalue weighted by molar-refractivity contribution is 5.96. The maximum atomic E-state index is 12.0. The van der Waals surface area contributed by atoms with Crippen LogP contribution in [0.3, 0.4) is 0 Å². The number of aromatic amines is 1. The number of carbonyl (C=O) groups is 1. The first-order valence-electron chi connectivity index (χ1n) is 6.43. The lowest BCUT2D eigenvalue weighted by Gasteiger charge is -2.10. The van der Waals surface area contributed by atoms with Crippen molar-refractivity contribution in [3.05, 3.63) is 42.2 Å². The molecule has 3 N–H and O–H groups in total. The van der Waals surface area contributed by atoms with Gasteiger partial charge < -0.3 is 5.32 Å². The molecule has 0 bridgehead atoms. The van der Waals surface area contributed by atoms with E-state index in [1.165, 1.54) is 0 Å². The smallest absolute Gasteiger partial charge is 0.245 e. The van der Waals surface area contributed by atoms with Crippen molar-refractivity contribution in [1.29, 1.82) is 0 Å². The van der Waals surface area contributed by atoms with Gasteiger partial charge in [-0.25, -0.2) is 4.98 Å². The molecule has 1 amide bonds. The van der Waals surface area contributed by atoms with E-state index in [1.54, 1.807) is 0 Å². The summed E-state index contributed by atoms with van der Waals surface area (Å²) < 4.78 is 0. The number of rotatable bonds is 3. The third kappa shape index (κ3) is 3.48. The minimum atomic E-state index is -0.260. The van der Waals surface area contributed by atoms with Gasteiger partial charge in [0.05, 0.1) is 0 Å². The van der Waals surface area contributed by atoms with Gasteiger partial charge >= 0.3 is 0 Å². The number of nitrogens with zero attached hydrogens (tertiary/aromatic N) is 2. The number of halogens is 1. The number of carbonyl (C=O) groups excluding carboxylic acids is 1. The standard InChI is InChI=1S/C14H15N5O.ClH/c1-9-16-13(19-18-9)10-4-2-5-11(8-10)17-14(20)12-6-3-7-15-12;/h2-6,8,12,15H,7H2,1H3,(H,17,20)(H,16,18,19);1H. The van der Waals surface area contributed by atoms with E-state index in [0.717, 1.165) is 23.6 Å². The van der Waals surface area contributed by atoms with Crippen molar-refractivity contribution >= 4 is 24.0 Å². The third-order valence-corrected chi connectivity index (χ3v) is 3.05. The van der Waals surface area contributed by atoms with Gasteiger partial charge in [-0.05, 0) is 19.1 Å². The van der Waals surface area contributed by atoms with Gasteiger partial charge in [-0.3, -0.25) is 15.2 Å². The fraction of sp³-hybridized carbons (Fsp3) is 0.214. The summed E-state index contributed by atoms with van der Waals surface area (Å²) in [5.41, 5.74) is 1.60. The Morgan fingerprint density at radius 1 is 1.43 bits per heavy atom. The number of aryl methyl sites for hydroxylation is 1. The fourth-order valence-corrected chi connectivity index (χ4v) is 2.08. The highest BCUT2D eigenvalue weighted by atomic mass is 35.5. The lowest BCUT2D eigenvalue weighted by Crippen LogP contribution is -2.35. The average molecular weight is 306 g/mol. The summed E-state index contributed by atoms with van der Waals surface area (Å²) in [6.45, 7) is 2.58. The number of hydrogen-bond donors (Lipinski definition) is 3. The molecule has 1 aromatic heterocycles. The number of anilines is 1. The van der Waals surface area contributed by atoms with Crippen LogP contribution in [-0.2, 0) is 4.79 Å². The summed E-state index contributed by atoms with van der Waals surface area (Å²) in [6, 6.07) is 7.23. The molecule has 0 saturated carbocycles. The molecular weight excluding hydrogens is 290 g/mol.